The zero-order valence-electron chi connectivity index (χ0n) is 14.8. The number of amides is 1. The SMILES string of the molecule is C[C@H]1CCC[C@H](C)N1NC(=O)C1CCN(S(=O)(=O)c2cccs2)CC1. The molecule has 2 fully saturated rings. The Bertz CT molecular complexity index is 672. The molecule has 2 saturated heterocycles. The van der Waals surface area contributed by atoms with E-state index in [1.807, 2.05) is 0 Å². The fourth-order valence-electron chi connectivity index (χ4n) is 3.76. The van der Waals surface area contributed by atoms with Crippen LogP contribution in [0.1, 0.15) is 46.0 Å². The number of sulfonamides is 1. The van der Waals surface area contributed by atoms with Crippen molar-refractivity contribution in [2.45, 2.75) is 62.2 Å². The van der Waals surface area contributed by atoms with Crippen LogP contribution in [-0.4, -0.2) is 48.8 Å². The Balaban J connectivity index is 1.56. The highest BCUT2D eigenvalue weighted by molar-refractivity contribution is 7.91. The summed E-state index contributed by atoms with van der Waals surface area (Å²) >= 11 is 1.24. The van der Waals surface area contributed by atoms with Gasteiger partial charge in [0.2, 0.25) is 5.91 Å². The maximum Gasteiger partial charge on any atom is 0.252 e. The summed E-state index contributed by atoms with van der Waals surface area (Å²) in [4.78, 5) is 12.6. The highest BCUT2D eigenvalue weighted by Crippen LogP contribution is 2.27. The molecule has 3 heterocycles. The minimum Gasteiger partial charge on any atom is -0.288 e. The van der Waals surface area contributed by atoms with E-state index in [1.165, 1.54) is 22.1 Å². The molecule has 0 bridgehead atoms. The second-order valence-electron chi connectivity index (χ2n) is 7.12. The first-order chi connectivity index (χ1) is 11.9. The summed E-state index contributed by atoms with van der Waals surface area (Å²) in [7, 11) is -3.40. The van der Waals surface area contributed by atoms with Gasteiger partial charge >= 0.3 is 0 Å². The molecule has 3 rings (SSSR count). The summed E-state index contributed by atoms with van der Waals surface area (Å²) in [6.45, 7) is 5.10. The summed E-state index contributed by atoms with van der Waals surface area (Å²) in [5.41, 5.74) is 3.10. The van der Waals surface area contributed by atoms with Gasteiger partial charge in [-0.05, 0) is 51.0 Å². The lowest BCUT2D eigenvalue weighted by atomic mass is 9.96. The number of piperidine rings is 2. The number of hydrogen-bond acceptors (Lipinski definition) is 5. The molecule has 1 aromatic rings. The molecule has 0 saturated carbocycles. The Kier molecular flexibility index (Phi) is 5.82. The zero-order valence-corrected chi connectivity index (χ0v) is 16.5. The van der Waals surface area contributed by atoms with Crippen molar-refractivity contribution in [2.24, 2.45) is 5.92 Å². The molecule has 0 radical (unpaired) electrons. The van der Waals surface area contributed by atoms with Gasteiger partial charge < -0.3 is 0 Å². The van der Waals surface area contributed by atoms with E-state index in [0.717, 1.165) is 12.8 Å². The van der Waals surface area contributed by atoms with Gasteiger partial charge in [0.15, 0.2) is 0 Å². The highest BCUT2D eigenvalue weighted by atomic mass is 32.2. The van der Waals surface area contributed by atoms with Gasteiger partial charge in [-0.2, -0.15) is 4.31 Å². The van der Waals surface area contributed by atoms with Crippen molar-refractivity contribution in [1.82, 2.24) is 14.7 Å². The average molecular weight is 386 g/mol. The lowest BCUT2D eigenvalue weighted by Gasteiger charge is -2.40. The summed E-state index contributed by atoms with van der Waals surface area (Å²) in [6.07, 6.45) is 4.55. The Hall–Kier alpha value is -0.960. The van der Waals surface area contributed by atoms with Crippen molar-refractivity contribution in [3.63, 3.8) is 0 Å². The molecular formula is C17H27N3O3S2. The molecule has 2 aliphatic heterocycles. The number of hydrogen-bond donors (Lipinski definition) is 1. The van der Waals surface area contributed by atoms with Crippen molar-refractivity contribution in [3.8, 4) is 0 Å². The van der Waals surface area contributed by atoms with E-state index in [1.54, 1.807) is 17.5 Å². The molecule has 8 heteroatoms. The van der Waals surface area contributed by atoms with Gasteiger partial charge in [0.1, 0.15) is 4.21 Å². The molecular weight excluding hydrogens is 358 g/mol. The zero-order chi connectivity index (χ0) is 18.0. The molecule has 0 aromatic carbocycles. The molecule has 0 spiro atoms. The van der Waals surface area contributed by atoms with Crippen LogP contribution < -0.4 is 5.43 Å². The summed E-state index contributed by atoms with van der Waals surface area (Å²) in [5.74, 6) is -0.0788. The standard InChI is InChI=1S/C17H27N3O3S2/c1-13-5-3-6-14(2)20(13)18-17(21)15-8-10-19(11-9-15)25(22,23)16-7-4-12-24-16/h4,7,12-15H,3,5-6,8-11H2,1-2H3,(H,18,21)/t13-,14-/m0/s1. The van der Waals surface area contributed by atoms with Gasteiger partial charge in [-0.15, -0.1) is 11.3 Å². The van der Waals surface area contributed by atoms with Gasteiger partial charge in [0.05, 0.1) is 0 Å². The van der Waals surface area contributed by atoms with Crippen LogP contribution in [0.2, 0.25) is 0 Å². The number of thiophene rings is 1. The number of carbonyl (C=O) groups is 1. The van der Waals surface area contributed by atoms with E-state index in [9.17, 15) is 13.2 Å². The largest absolute Gasteiger partial charge is 0.288 e. The van der Waals surface area contributed by atoms with Crippen LogP contribution in [0.4, 0.5) is 0 Å². The normalized spacial score (nSPS) is 27.3. The van der Waals surface area contributed by atoms with Crippen LogP contribution in [0.3, 0.4) is 0 Å². The molecule has 2 aliphatic rings. The minimum absolute atomic E-state index is 0.0359. The number of hydrazine groups is 1. The molecule has 0 unspecified atom stereocenters. The lowest BCUT2D eigenvalue weighted by molar-refractivity contribution is -0.134. The molecule has 2 atom stereocenters. The quantitative estimate of drug-likeness (QED) is 0.864. The Morgan fingerprint density at radius 3 is 2.36 bits per heavy atom. The topological polar surface area (TPSA) is 69.7 Å². The van der Waals surface area contributed by atoms with Crippen molar-refractivity contribution < 1.29 is 13.2 Å². The van der Waals surface area contributed by atoms with E-state index < -0.39 is 10.0 Å². The minimum atomic E-state index is -3.40. The molecule has 0 aliphatic carbocycles. The number of rotatable bonds is 4. The Labute approximate surface area is 154 Å². The van der Waals surface area contributed by atoms with Crippen LogP contribution in [0.5, 0.6) is 0 Å². The molecule has 1 amide bonds. The summed E-state index contributed by atoms with van der Waals surface area (Å²) in [6, 6.07) is 4.09. The van der Waals surface area contributed by atoms with Crippen molar-refractivity contribution in [3.05, 3.63) is 17.5 Å². The van der Waals surface area contributed by atoms with E-state index in [4.69, 9.17) is 0 Å². The van der Waals surface area contributed by atoms with Crippen LogP contribution >= 0.6 is 11.3 Å². The first kappa shape index (κ1) is 18.8. The van der Waals surface area contributed by atoms with Gasteiger partial charge in [-0.1, -0.05) is 12.5 Å². The monoisotopic (exact) mass is 385 g/mol. The third-order valence-corrected chi connectivity index (χ3v) is 8.62. The van der Waals surface area contributed by atoms with Crippen LogP contribution in [0.15, 0.2) is 21.7 Å². The number of nitrogens with zero attached hydrogens (tertiary/aromatic N) is 2. The predicted octanol–water partition coefficient (Wildman–Crippen LogP) is 2.44. The molecule has 6 nitrogen and oxygen atoms in total. The third kappa shape index (κ3) is 4.07. The third-order valence-electron chi connectivity index (χ3n) is 5.35. The van der Waals surface area contributed by atoms with Gasteiger partial charge in [0, 0.05) is 31.1 Å². The van der Waals surface area contributed by atoms with E-state index >= 15 is 0 Å². The van der Waals surface area contributed by atoms with Gasteiger partial charge in [0.25, 0.3) is 10.0 Å². The Morgan fingerprint density at radius 2 is 1.80 bits per heavy atom. The smallest absolute Gasteiger partial charge is 0.252 e. The molecule has 140 valence electrons. The average Bonchev–Trinajstić information content (AvgIpc) is 3.14. The fourth-order valence-corrected chi connectivity index (χ4v) is 6.37. The lowest BCUT2D eigenvalue weighted by Crippen LogP contribution is -2.56. The molecule has 25 heavy (non-hydrogen) atoms. The molecule has 1 aromatic heterocycles. The maximum atomic E-state index is 12.6. The number of nitrogens with one attached hydrogen (secondary N) is 1. The predicted molar refractivity (Wildman–Crippen MR) is 98.6 cm³/mol. The van der Waals surface area contributed by atoms with Crippen LogP contribution in [0, 0.1) is 5.92 Å². The van der Waals surface area contributed by atoms with Crippen LogP contribution in [-0.2, 0) is 14.8 Å². The molecule has 1 N–H and O–H groups in total. The first-order valence-corrected chi connectivity index (χ1v) is 11.3. The van der Waals surface area contributed by atoms with Crippen molar-refractivity contribution in [1.29, 1.82) is 0 Å². The van der Waals surface area contributed by atoms with Crippen LogP contribution in [0.25, 0.3) is 0 Å². The maximum absolute atomic E-state index is 12.6. The van der Waals surface area contributed by atoms with E-state index in [0.29, 0.717) is 42.2 Å². The van der Waals surface area contributed by atoms with Gasteiger partial charge in [-0.3, -0.25) is 10.2 Å². The van der Waals surface area contributed by atoms with Crippen molar-refractivity contribution in [2.75, 3.05) is 13.1 Å². The Morgan fingerprint density at radius 1 is 1.16 bits per heavy atom. The van der Waals surface area contributed by atoms with Crippen molar-refractivity contribution >= 4 is 27.3 Å². The second-order valence-corrected chi connectivity index (χ2v) is 10.2. The summed E-state index contributed by atoms with van der Waals surface area (Å²) in [5, 5.41) is 3.86. The summed E-state index contributed by atoms with van der Waals surface area (Å²) < 4.78 is 27.0. The highest BCUT2D eigenvalue weighted by Gasteiger charge is 2.34. The number of carbonyl (C=O) groups excluding carboxylic acids is 1. The van der Waals surface area contributed by atoms with E-state index in [-0.39, 0.29) is 11.8 Å². The van der Waals surface area contributed by atoms with E-state index in [2.05, 4.69) is 24.3 Å². The first-order valence-electron chi connectivity index (χ1n) is 9.02. The second kappa shape index (κ2) is 7.73. The van der Waals surface area contributed by atoms with Gasteiger partial charge in [-0.25, -0.2) is 13.4 Å². The fraction of sp³-hybridized carbons (Fsp3) is 0.706.